The van der Waals surface area contributed by atoms with Gasteiger partial charge in [0.1, 0.15) is 12.0 Å². The number of hydrogen-bond acceptors (Lipinski definition) is 5. The molecule has 2 aromatic rings. The smallest absolute Gasteiger partial charge is 0.349 e. The van der Waals surface area contributed by atoms with Gasteiger partial charge in [0.25, 0.3) is 0 Å². The van der Waals surface area contributed by atoms with Gasteiger partial charge in [-0.1, -0.05) is 13.8 Å². The second-order valence-electron chi connectivity index (χ2n) is 5.69. The first kappa shape index (κ1) is 20.8. The fourth-order valence-corrected chi connectivity index (χ4v) is 2.57. The van der Waals surface area contributed by atoms with E-state index in [9.17, 15) is 18.0 Å². The van der Waals surface area contributed by atoms with Gasteiger partial charge >= 0.3 is 6.18 Å². The number of nitrogens with one attached hydrogen (secondary N) is 2. The molecule has 27 heavy (non-hydrogen) atoms. The standard InChI is InChI=1S/C16H16F3N5O.C2H6/c17-16(18,19)14-4-3-10(7-21-14)13-6-11(23-9-24-13)8-22-15(25)12-2-1-5-20-12;1-2/h3-4,6-7,9,12,20H,1-2,5,8H2,(H,22,25);1-2H3/t12-;/m0./s1. The number of amides is 1. The number of rotatable bonds is 4. The molecule has 2 N–H and O–H groups in total. The Labute approximate surface area is 155 Å². The van der Waals surface area contributed by atoms with E-state index in [1.807, 2.05) is 13.8 Å². The third-order valence-corrected chi connectivity index (χ3v) is 3.89. The maximum absolute atomic E-state index is 12.6. The van der Waals surface area contributed by atoms with Crippen molar-refractivity contribution in [3.8, 4) is 11.3 Å². The number of pyridine rings is 1. The van der Waals surface area contributed by atoms with Gasteiger partial charge in [0.05, 0.1) is 24.0 Å². The van der Waals surface area contributed by atoms with Crippen LogP contribution in [-0.4, -0.2) is 33.4 Å². The summed E-state index contributed by atoms with van der Waals surface area (Å²) in [7, 11) is 0. The summed E-state index contributed by atoms with van der Waals surface area (Å²) in [6, 6.07) is 3.65. The maximum atomic E-state index is 12.6. The van der Waals surface area contributed by atoms with Crippen molar-refractivity contribution in [2.24, 2.45) is 0 Å². The fourth-order valence-electron chi connectivity index (χ4n) is 2.57. The van der Waals surface area contributed by atoms with E-state index < -0.39 is 11.9 Å². The van der Waals surface area contributed by atoms with E-state index in [1.165, 1.54) is 12.4 Å². The van der Waals surface area contributed by atoms with Gasteiger partial charge in [-0.2, -0.15) is 13.2 Å². The highest BCUT2D eigenvalue weighted by Gasteiger charge is 2.32. The molecule has 9 heteroatoms. The quantitative estimate of drug-likeness (QED) is 0.851. The summed E-state index contributed by atoms with van der Waals surface area (Å²) in [4.78, 5) is 23.5. The molecule has 3 heterocycles. The minimum atomic E-state index is -4.48. The largest absolute Gasteiger partial charge is 0.433 e. The highest BCUT2D eigenvalue weighted by molar-refractivity contribution is 5.81. The summed E-state index contributed by atoms with van der Waals surface area (Å²) >= 11 is 0. The Morgan fingerprint density at radius 2 is 2.04 bits per heavy atom. The van der Waals surface area contributed by atoms with Crippen LogP contribution in [0.25, 0.3) is 11.3 Å². The number of aromatic nitrogens is 3. The topological polar surface area (TPSA) is 79.8 Å². The van der Waals surface area contributed by atoms with Crippen LogP contribution in [-0.2, 0) is 17.5 Å². The molecule has 0 aromatic carbocycles. The van der Waals surface area contributed by atoms with Gasteiger partial charge in [0, 0.05) is 11.8 Å². The molecule has 1 amide bonds. The van der Waals surface area contributed by atoms with Crippen LogP contribution < -0.4 is 10.6 Å². The third-order valence-electron chi connectivity index (χ3n) is 3.89. The van der Waals surface area contributed by atoms with E-state index in [-0.39, 0.29) is 18.5 Å². The van der Waals surface area contributed by atoms with Crippen LogP contribution in [0.4, 0.5) is 13.2 Å². The van der Waals surface area contributed by atoms with Crippen molar-refractivity contribution in [1.29, 1.82) is 0 Å². The number of alkyl halides is 3. The second kappa shape index (κ2) is 9.40. The SMILES string of the molecule is CC.O=C(NCc1cc(-c2ccc(C(F)(F)F)nc2)ncn1)[C@@H]1CCCN1. The van der Waals surface area contributed by atoms with Crippen molar-refractivity contribution in [3.05, 3.63) is 42.1 Å². The van der Waals surface area contributed by atoms with E-state index in [4.69, 9.17) is 0 Å². The minimum absolute atomic E-state index is 0.0890. The molecule has 6 nitrogen and oxygen atoms in total. The zero-order valence-corrected chi connectivity index (χ0v) is 15.2. The molecule has 1 aliphatic heterocycles. The van der Waals surface area contributed by atoms with Crippen molar-refractivity contribution in [2.75, 3.05) is 6.54 Å². The molecular formula is C18H22F3N5O. The van der Waals surface area contributed by atoms with E-state index >= 15 is 0 Å². The van der Waals surface area contributed by atoms with Gasteiger partial charge in [-0.05, 0) is 37.6 Å². The van der Waals surface area contributed by atoms with E-state index in [1.54, 1.807) is 6.07 Å². The van der Waals surface area contributed by atoms with Crippen LogP contribution in [0.1, 0.15) is 38.1 Å². The van der Waals surface area contributed by atoms with Gasteiger partial charge < -0.3 is 10.6 Å². The van der Waals surface area contributed by atoms with E-state index in [2.05, 4.69) is 25.6 Å². The predicted octanol–water partition coefficient (Wildman–Crippen LogP) is 2.95. The zero-order chi connectivity index (χ0) is 19.9. The van der Waals surface area contributed by atoms with Crippen molar-refractivity contribution in [3.63, 3.8) is 0 Å². The van der Waals surface area contributed by atoms with Gasteiger partial charge in [0.15, 0.2) is 0 Å². The van der Waals surface area contributed by atoms with Crippen LogP contribution in [0.3, 0.4) is 0 Å². The van der Waals surface area contributed by atoms with Crippen molar-refractivity contribution < 1.29 is 18.0 Å². The first-order valence-corrected chi connectivity index (χ1v) is 8.79. The van der Waals surface area contributed by atoms with Crippen LogP contribution in [0, 0.1) is 0 Å². The molecule has 1 aliphatic rings. The Kier molecular flexibility index (Phi) is 7.23. The molecule has 1 saturated heterocycles. The molecular weight excluding hydrogens is 359 g/mol. The first-order chi connectivity index (χ1) is 12.9. The molecule has 0 unspecified atom stereocenters. The molecule has 0 saturated carbocycles. The summed E-state index contributed by atoms with van der Waals surface area (Å²) in [6.45, 7) is 5.05. The Morgan fingerprint density at radius 1 is 1.26 bits per heavy atom. The molecule has 146 valence electrons. The van der Waals surface area contributed by atoms with Crippen LogP contribution >= 0.6 is 0 Å². The van der Waals surface area contributed by atoms with Gasteiger partial charge in [0.2, 0.25) is 5.91 Å². The normalized spacial score (nSPS) is 16.4. The lowest BCUT2D eigenvalue weighted by Gasteiger charge is -2.11. The summed E-state index contributed by atoms with van der Waals surface area (Å²) in [6.07, 6.45) is -0.277. The van der Waals surface area contributed by atoms with Crippen LogP contribution in [0.2, 0.25) is 0 Å². The average Bonchev–Trinajstić information content (AvgIpc) is 3.22. The molecule has 1 fully saturated rings. The van der Waals surface area contributed by atoms with Gasteiger partial charge in [-0.25, -0.2) is 9.97 Å². The monoisotopic (exact) mass is 381 g/mol. The number of nitrogens with zero attached hydrogens (tertiary/aromatic N) is 3. The highest BCUT2D eigenvalue weighted by Crippen LogP contribution is 2.28. The Hall–Kier alpha value is -2.55. The van der Waals surface area contributed by atoms with Crippen LogP contribution in [0.5, 0.6) is 0 Å². The van der Waals surface area contributed by atoms with Crippen molar-refractivity contribution >= 4 is 5.91 Å². The van der Waals surface area contributed by atoms with E-state index in [0.717, 1.165) is 31.6 Å². The lowest BCUT2D eigenvalue weighted by atomic mass is 10.1. The van der Waals surface area contributed by atoms with Crippen LogP contribution in [0.15, 0.2) is 30.7 Å². The molecule has 3 rings (SSSR count). The lowest BCUT2D eigenvalue weighted by molar-refractivity contribution is -0.141. The second-order valence-corrected chi connectivity index (χ2v) is 5.69. The number of carbonyl (C=O) groups is 1. The molecule has 0 spiro atoms. The Morgan fingerprint density at radius 3 is 2.63 bits per heavy atom. The number of carbonyl (C=O) groups excluding carboxylic acids is 1. The summed E-state index contributed by atoms with van der Waals surface area (Å²) in [5.74, 6) is -0.0890. The Bertz CT molecular complexity index is 743. The molecule has 0 aliphatic carbocycles. The molecule has 2 aromatic heterocycles. The summed E-state index contributed by atoms with van der Waals surface area (Å²) < 4.78 is 37.7. The molecule has 0 bridgehead atoms. The van der Waals surface area contributed by atoms with Crippen molar-refractivity contribution in [2.45, 2.75) is 45.5 Å². The fraction of sp³-hybridized carbons (Fsp3) is 0.444. The molecule has 0 radical (unpaired) electrons. The molecule has 1 atom stereocenters. The minimum Gasteiger partial charge on any atom is -0.349 e. The van der Waals surface area contributed by atoms with Gasteiger partial charge in [-0.3, -0.25) is 9.78 Å². The zero-order valence-electron chi connectivity index (χ0n) is 15.2. The maximum Gasteiger partial charge on any atom is 0.433 e. The van der Waals surface area contributed by atoms with Crippen molar-refractivity contribution in [1.82, 2.24) is 25.6 Å². The number of halogens is 3. The lowest BCUT2D eigenvalue weighted by Crippen LogP contribution is -2.40. The Balaban J connectivity index is 0.00000126. The highest BCUT2D eigenvalue weighted by atomic mass is 19.4. The first-order valence-electron chi connectivity index (χ1n) is 8.79. The van der Waals surface area contributed by atoms with Gasteiger partial charge in [-0.15, -0.1) is 0 Å². The average molecular weight is 381 g/mol. The predicted molar refractivity (Wildman–Crippen MR) is 94.5 cm³/mol. The summed E-state index contributed by atoms with van der Waals surface area (Å²) in [5.41, 5.74) is 0.498. The van der Waals surface area contributed by atoms with E-state index in [0.29, 0.717) is 17.0 Å². The number of hydrogen-bond donors (Lipinski definition) is 2. The summed E-state index contributed by atoms with van der Waals surface area (Å²) in [5, 5.41) is 5.89. The third kappa shape index (κ3) is 5.72.